The zero-order chi connectivity index (χ0) is 14.8. The maximum absolute atomic E-state index is 14.3. The third kappa shape index (κ3) is 2.37. The van der Waals surface area contributed by atoms with E-state index >= 15 is 0 Å². The Hall–Kier alpha value is -2.70. The molecule has 0 aliphatic heterocycles. The van der Waals surface area contributed by atoms with Crippen LogP contribution in [-0.2, 0) is 0 Å². The van der Waals surface area contributed by atoms with E-state index in [1.807, 2.05) is 6.92 Å². The van der Waals surface area contributed by atoms with Crippen LogP contribution in [0.1, 0.15) is 6.92 Å². The Morgan fingerprint density at radius 1 is 1.33 bits per heavy atom. The van der Waals surface area contributed by atoms with Crippen molar-refractivity contribution in [2.24, 2.45) is 0 Å². The van der Waals surface area contributed by atoms with Crippen LogP contribution in [0.5, 0.6) is 5.75 Å². The molecule has 6 nitrogen and oxygen atoms in total. The van der Waals surface area contributed by atoms with Crippen molar-refractivity contribution >= 4 is 17.0 Å². The minimum absolute atomic E-state index is 0.378. The molecule has 21 heavy (non-hydrogen) atoms. The molecule has 0 fully saturated rings. The van der Waals surface area contributed by atoms with Crippen molar-refractivity contribution in [2.45, 2.75) is 6.92 Å². The maximum atomic E-state index is 14.3. The van der Waals surface area contributed by atoms with E-state index in [2.05, 4.69) is 25.5 Å². The number of benzene rings is 1. The van der Waals surface area contributed by atoms with Gasteiger partial charge in [-0.25, -0.2) is 9.37 Å². The van der Waals surface area contributed by atoms with E-state index in [1.54, 1.807) is 18.3 Å². The Morgan fingerprint density at radius 2 is 2.19 bits per heavy atom. The molecule has 0 spiro atoms. The Bertz CT molecular complexity index is 786. The second-order valence-electron chi connectivity index (χ2n) is 4.40. The smallest absolute Gasteiger partial charge is 0.225 e. The first-order chi connectivity index (χ1) is 10.2. The molecule has 7 heteroatoms. The van der Waals surface area contributed by atoms with E-state index in [0.29, 0.717) is 40.5 Å². The molecule has 0 saturated carbocycles. The van der Waals surface area contributed by atoms with E-state index in [4.69, 9.17) is 4.74 Å². The van der Waals surface area contributed by atoms with Crippen molar-refractivity contribution in [2.75, 3.05) is 19.0 Å². The molecule has 0 atom stereocenters. The van der Waals surface area contributed by atoms with Crippen molar-refractivity contribution in [1.29, 1.82) is 0 Å². The van der Waals surface area contributed by atoms with Crippen LogP contribution < -0.4 is 10.1 Å². The van der Waals surface area contributed by atoms with Crippen LogP contribution in [0, 0.1) is 5.82 Å². The van der Waals surface area contributed by atoms with Crippen LogP contribution in [0.15, 0.2) is 24.4 Å². The molecule has 2 N–H and O–H groups in total. The SMILES string of the molecule is CCNc1nc(-c2ccc(OC)cc2F)c2cn[nH]c2n1. The minimum atomic E-state index is -0.405. The number of aromatic amines is 1. The lowest BCUT2D eigenvalue weighted by atomic mass is 10.1. The molecular weight excluding hydrogens is 273 g/mol. The number of H-pyrrole nitrogens is 1. The largest absolute Gasteiger partial charge is 0.497 e. The summed E-state index contributed by atoms with van der Waals surface area (Å²) >= 11 is 0. The van der Waals surface area contributed by atoms with E-state index in [-0.39, 0.29) is 0 Å². The number of hydrogen-bond acceptors (Lipinski definition) is 5. The zero-order valence-corrected chi connectivity index (χ0v) is 11.6. The predicted octanol–water partition coefficient (Wildman–Crippen LogP) is 2.60. The van der Waals surface area contributed by atoms with Gasteiger partial charge >= 0.3 is 0 Å². The van der Waals surface area contributed by atoms with Crippen LogP contribution in [0.4, 0.5) is 10.3 Å². The molecule has 1 aromatic carbocycles. The van der Waals surface area contributed by atoms with Gasteiger partial charge < -0.3 is 10.1 Å². The first kappa shape index (κ1) is 13.3. The highest BCUT2D eigenvalue weighted by molar-refractivity contribution is 5.90. The summed E-state index contributed by atoms with van der Waals surface area (Å²) < 4.78 is 19.3. The minimum Gasteiger partial charge on any atom is -0.497 e. The van der Waals surface area contributed by atoms with E-state index in [0.717, 1.165) is 0 Å². The first-order valence-electron chi connectivity index (χ1n) is 6.51. The second kappa shape index (κ2) is 5.35. The average molecular weight is 287 g/mol. The highest BCUT2D eigenvalue weighted by Crippen LogP contribution is 2.30. The molecule has 3 rings (SSSR count). The highest BCUT2D eigenvalue weighted by atomic mass is 19.1. The van der Waals surface area contributed by atoms with Crippen LogP contribution >= 0.6 is 0 Å². The lowest BCUT2D eigenvalue weighted by Crippen LogP contribution is -2.03. The summed E-state index contributed by atoms with van der Waals surface area (Å²) in [5.74, 6) is 0.484. The molecule has 0 aliphatic carbocycles. The van der Waals surface area contributed by atoms with Crippen molar-refractivity contribution in [3.05, 3.63) is 30.2 Å². The van der Waals surface area contributed by atoms with Gasteiger partial charge in [0.2, 0.25) is 5.95 Å². The van der Waals surface area contributed by atoms with Gasteiger partial charge in [-0.1, -0.05) is 0 Å². The third-order valence-electron chi connectivity index (χ3n) is 3.08. The zero-order valence-electron chi connectivity index (χ0n) is 11.6. The van der Waals surface area contributed by atoms with Gasteiger partial charge in [0.1, 0.15) is 11.6 Å². The first-order valence-corrected chi connectivity index (χ1v) is 6.51. The number of fused-ring (bicyclic) bond motifs is 1. The van der Waals surface area contributed by atoms with Gasteiger partial charge in [0.05, 0.1) is 24.4 Å². The summed E-state index contributed by atoms with van der Waals surface area (Å²) in [5, 5.41) is 10.4. The van der Waals surface area contributed by atoms with Gasteiger partial charge in [0.25, 0.3) is 0 Å². The van der Waals surface area contributed by atoms with Gasteiger partial charge in [0, 0.05) is 18.2 Å². The number of nitrogens with one attached hydrogen (secondary N) is 2. The molecular formula is C14H14FN5O. The number of methoxy groups -OCH3 is 1. The number of nitrogens with zero attached hydrogens (tertiary/aromatic N) is 3. The van der Waals surface area contributed by atoms with Crippen molar-refractivity contribution in [3.63, 3.8) is 0 Å². The molecule has 0 unspecified atom stereocenters. The van der Waals surface area contributed by atoms with Crippen LogP contribution in [0.2, 0.25) is 0 Å². The number of anilines is 1. The van der Waals surface area contributed by atoms with Crippen LogP contribution in [0.3, 0.4) is 0 Å². The number of aromatic nitrogens is 4. The van der Waals surface area contributed by atoms with Gasteiger partial charge in [0.15, 0.2) is 5.65 Å². The summed E-state index contributed by atoms with van der Waals surface area (Å²) in [6, 6.07) is 4.66. The fourth-order valence-corrected chi connectivity index (χ4v) is 2.09. The monoisotopic (exact) mass is 287 g/mol. The fourth-order valence-electron chi connectivity index (χ4n) is 2.09. The summed E-state index contributed by atoms with van der Waals surface area (Å²) in [6.45, 7) is 2.61. The molecule has 0 saturated heterocycles. The quantitative estimate of drug-likeness (QED) is 0.771. The van der Waals surface area contributed by atoms with E-state index in [9.17, 15) is 4.39 Å². The fraction of sp³-hybridized carbons (Fsp3) is 0.214. The van der Waals surface area contributed by atoms with Gasteiger partial charge in [-0.05, 0) is 19.1 Å². The summed E-state index contributed by atoms with van der Waals surface area (Å²) in [5.41, 5.74) is 1.43. The Kier molecular flexibility index (Phi) is 3.39. The lowest BCUT2D eigenvalue weighted by molar-refractivity contribution is 0.411. The topological polar surface area (TPSA) is 75.7 Å². The number of rotatable bonds is 4. The normalized spacial score (nSPS) is 10.8. The number of ether oxygens (including phenoxy) is 1. The van der Waals surface area contributed by atoms with Crippen molar-refractivity contribution in [3.8, 4) is 17.0 Å². The van der Waals surface area contributed by atoms with E-state index in [1.165, 1.54) is 13.2 Å². The third-order valence-corrected chi connectivity index (χ3v) is 3.08. The molecule has 0 aliphatic rings. The van der Waals surface area contributed by atoms with Crippen LogP contribution in [-0.4, -0.2) is 33.8 Å². The standard InChI is InChI=1S/C14H14FN5O/c1-3-16-14-18-12(10-7-17-20-13(10)19-14)9-5-4-8(21-2)6-11(9)15/h4-7H,3H2,1-2H3,(H2,16,17,18,19,20). The summed E-state index contributed by atoms with van der Waals surface area (Å²) in [4.78, 5) is 8.67. The Balaban J connectivity index is 2.20. The number of halogens is 1. The predicted molar refractivity (Wildman–Crippen MR) is 77.8 cm³/mol. The summed E-state index contributed by atoms with van der Waals surface area (Å²) in [6.07, 6.45) is 1.59. The molecule has 0 bridgehead atoms. The molecule has 2 heterocycles. The maximum Gasteiger partial charge on any atom is 0.225 e. The Labute approximate surface area is 120 Å². The average Bonchev–Trinajstić information content (AvgIpc) is 2.95. The lowest BCUT2D eigenvalue weighted by Gasteiger charge is -2.08. The van der Waals surface area contributed by atoms with Gasteiger partial charge in [-0.3, -0.25) is 5.10 Å². The van der Waals surface area contributed by atoms with Gasteiger partial charge in [-0.2, -0.15) is 10.1 Å². The van der Waals surface area contributed by atoms with Crippen molar-refractivity contribution < 1.29 is 9.13 Å². The Morgan fingerprint density at radius 3 is 2.90 bits per heavy atom. The molecule has 108 valence electrons. The number of hydrogen-bond donors (Lipinski definition) is 2. The molecule has 0 radical (unpaired) electrons. The second-order valence-corrected chi connectivity index (χ2v) is 4.40. The summed E-state index contributed by atoms with van der Waals surface area (Å²) in [7, 11) is 1.50. The van der Waals surface area contributed by atoms with Crippen molar-refractivity contribution in [1.82, 2.24) is 20.2 Å². The van der Waals surface area contributed by atoms with Crippen LogP contribution in [0.25, 0.3) is 22.3 Å². The molecule has 3 aromatic rings. The van der Waals surface area contributed by atoms with Gasteiger partial charge in [-0.15, -0.1) is 0 Å². The molecule has 0 amide bonds. The highest BCUT2D eigenvalue weighted by Gasteiger charge is 2.15. The molecule has 2 aromatic heterocycles. The van der Waals surface area contributed by atoms with E-state index < -0.39 is 5.82 Å².